The summed E-state index contributed by atoms with van der Waals surface area (Å²) >= 11 is 0. The summed E-state index contributed by atoms with van der Waals surface area (Å²) in [6.45, 7) is 3.67. The second-order valence-electron chi connectivity index (χ2n) is 6.25. The summed E-state index contributed by atoms with van der Waals surface area (Å²) in [5.41, 5.74) is 1.08. The van der Waals surface area contributed by atoms with Gasteiger partial charge in [-0.15, -0.1) is 0 Å². The maximum atomic E-state index is 12.6. The van der Waals surface area contributed by atoms with Gasteiger partial charge in [0.15, 0.2) is 0 Å². The molecule has 1 atom stereocenters. The van der Waals surface area contributed by atoms with Crippen molar-refractivity contribution >= 4 is 15.9 Å². The van der Waals surface area contributed by atoms with Crippen LogP contribution in [-0.2, 0) is 14.8 Å². The van der Waals surface area contributed by atoms with Gasteiger partial charge in [0.1, 0.15) is 5.75 Å². The van der Waals surface area contributed by atoms with Gasteiger partial charge in [0.05, 0.1) is 24.9 Å². The molecule has 2 fully saturated rings. The van der Waals surface area contributed by atoms with Crippen LogP contribution in [0.5, 0.6) is 5.75 Å². The summed E-state index contributed by atoms with van der Waals surface area (Å²) in [5.74, 6) is 0.875. The first kappa shape index (κ1) is 17.2. The van der Waals surface area contributed by atoms with Gasteiger partial charge >= 0.3 is 0 Å². The van der Waals surface area contributed by atoms with Crippen LogP contribution in [-0.4, -0.2) is 55.5 Å². The third kappa shape index (κ3) is 3.57. The van der Waals surface area contributed by atoms with E-state index >= 15 is 0 Å². The fourth-order valence-corrected chi connectivity index (χ4v) is 4.94. The van der Waals surface area contributed by atoms with Gasteiger partial charge in [0.2, 0.25) is 15.9 Å². The molecule has 0 saturated carbocycles. The molecule has 132 valence electrons. The van der Waals surface area contributed by atoms with Crippen LogP contribution in [0.2, 0.25) is 0 Å². The first-order valence-electron chi connectivity index (χ1n) is 8.51. The Hall–Kier alpha value is -1.60. The Morgan fingerprint density at radius 1 is 1.21 bits per heavy atom. The Labute approximate surface area is 143 Å². The molecule has 1 aromatic carbocycles. The lowest BCUT2D eigenvalue weighted by Crippen LogP contribution is -2.40. The fourth-order valence-electron chi connectivity index (χ4n) is 3.48. The first-order valence-corrected chi connectivity index (χ1v) is 10.1. The molecular weight excluding hydrogens is 328 g/mol. The van der Waals surface area contributed by atoms with Crippen molar-refractivity contribution in [3.8, 4) is 5.75 Å². The van der Waals surface area contributed by atoms with E-state index in [9.17, 15) is 13.2 Å². The molecule has 2 heterocycles. The van der Waals surface area contributed by atoms with Crippen LogP contribution in [0.1, 0.15) is 37.8 Å². The Balaban J connectivity index is 1.69. The number of hydrogen-bond acceptors (Lipinski definition) is 4. The lowest BCUT2D eigenvalue weighted by Gasteiger charge is -2.27. The van der Waals surface area contributed by atoms with Crippen molar-refractivity contribution in [1.29, 1.82) is 0 Å². The number of carbonyl (C=O) groups excluding carboxylic acids is 1. The molecule has 2 aliphatic rings. The summed E-state index contributed by atoms with van der Waals surface area (Å²) in [7, 11) is -3.24. The van der Waals surface area contributed by atoms with Crippen molar-refractivity contribution in [2.75, 3.05) is 32.0 Å². The molecule has 0 N–H and O–H groups in total. The van der Waals surface area contributed by atoms with Gasteiger partial charge in [-0.05, 0) is 43.9 Å². The molecular formula is C17H24N2O4S. The number of ether oxygens (including phenoxy) is 1. The van der Waals surface area contributed by atoms with Crippen molar-refractivity contribution < 1.29 is 17.9 Å². The van der Waals surface area contributed by atoms with E-state index in [1.807, 2.05) is 36.1 Å². The Morgan fingerprint density at radius 2 is 1.96 bits per heavy atom. The third-order valence-electron chi connectivity index (χ3n) is 4.66. The van der Waals surface area contributed by atoms with Crippen LogP contribution in [0.4, 0.5) is 0 Å². The summed E-state index contributed by atoms with van der Waals surface area (Å²) in [5, 5.41) is 0. The van der Waals surface area contributed by atoms with E-state index in [-0.39, 0.29) is 24.2 Å². The van der Waals surface area contributed by atoms with Gasteiger partial charge in [-0.3, -0.25) is 4.79 Å². The number of hydrogen-bond donors (Lipinski definition) is 0. The Bertz CT molecular complexity index is 687. The smallest absolute Gasteiger partial charge is 0.238 e. The highest BCUT2D eigenvalue weighted by Crippen LogP contribution is 2.33. The number of amides is 1. The average Bonchev–Trinajstić information content (AvgIpc) is 3.16. The molecule has 6 nitrogen and oxygen atoms in total. The van der Waals surface area contributed by atoms with Gasteiger partial charge < -0.3 is 9.64 Å². The molecule has 0 unspecified atom stereocenters. The van der Waals surface area contributed by atoms with Crippen molar-refractivity contribution in [3.63, 3.8) is 0 Å². The van der Waals surface area contributed by atoms with Crippen molar-refractivity contribution in [3.05, 3.63) is 29.8 Å². The van der Waals surface area contributed by atoms with E-state index in [0.717, 1.165) is 24.2 Å². The van der Waals surface area contributed by atoms with Gasteiger partial charge in [0, 0.05) is 13.1 Å². The molecule has 3 rings (SSSR count). The summed E-state index contributed by atoms with van der Waals surface area (Å²) in [6.07, 6.45) is 2.46. The molecule has 0 aliphatic carbocycles. The topological polar surface area (TPSA) is 66.9 Å². The maximum Gasteiger partial charge on any atom is 0.238 e. The van der Waals surface area contributed by atoms with Gasteiger partial charge in [-0.1, -0.05) is 12.1 Å². The van der Waals surface area contributed by atoms with Crippen LogP contribution in [0.25, 0.3) is 0 Å². The summed E-state index contributed by atoms with van der Waals surface area (Å²) < 4.78 is 30.6. The molecule has 1 aromatic rings. The predicted molar refractivity (Wildman–Crippen MR) is 91.3 cm³/mol. The van der Waals surface area contributed by atoms with Crippen LogP contribution < -0.4 is 4.74 Å². The lowest BCUT2D eigenvalue weighted by molar-refractivity contribution is -0.132. The molecule has 1 amide bonds. The Morgan fingerprint density at radius 3 is 2.58 bits per heavy atom. The number of benzene rings is 1. The molecule has 0 bridgehead atoms. The van der Waals surface area contributed by atoms with Crippen LogP contribution >= 0.6 is 0 Å². The zero-order valence-electron chi connectivity index (χ0n) is 14.0. The molecule has 24 heavy (non-hydrogen) atoms. The number of carbonyl (C=O) groups is 1. The van der Waals surface area contributed by atoms with E-state index in [4.69, 9.17) is 4.74 Å². The van der Waals surface area contributed by atoms with Crippen molar-refractivity contribution in [2.45, 2.75) is 32.2 Å². The molecule has 0 spiro atoms. The number of sulfonamides is 1. The highest BCUT2D eigenvalue weighted by Gasteiger charge is 2.35. The standard InChI is InChI=1S/C17H24N2O4S/c1-2-23-15-8-6-14(7-9-15)16-5-3-11-19(16)17(20)13-18-10-4-12-24(18,21)22/h6-9,16H,2-5,10-13H2,1H3/t16-/m1/s1. The lowest BCUT2D eigenvalue weighted by atomic mass is 10.0. The normalized spacial score (nSPS) is 23.5. The molecule has 0 radical (unpaired) electrons. The van der Waals surface area contributed by atoms with Crippen LogP contribution in [0.15, 0.2) is 24.3 Å². The van der Waals surface area contributed by atoms with Crippen molar-refractivity contribution in [2.24, 2.45) is 0 Å². The quantitative estimate of drug-likeness (QED) is 0.810. The minimum absolute atomic E-state index is 0.0264. The van der Waals surface area contributed by atoms with Crippen LogP contribution in [0.3, 0.4) is 0 Å². The zero-order valence-corrected chi connectivity index (χ0v) is 14.8. The van der Waals surface area contributed by atoms with Gasteiger partial charge in [0.25, 0.3) is 0 Å². The number of nitrogens with zero attached hydrogens (tertiary/aromatic N) is 2. The summed E-state index contributed by atoms with van der Waals surface area (Å²) in [4.78, 5) is 14.5. The largest absolute Gasteiger partial charge is 0.494 e. The second-order valence-corrected chi connectivity index (χ2v) is 8.34. The minimum Gasteiger partial charge on any atom is -0.494 e. The van der Waals surface area contributed by atoms with E-state index < -0.39 is 10.0 Å². The third-order valence-corrected chi connectivity index (χ3v) is 6.57. The SMILES string of the molecule is CCOc1ccc([C@H]2CCCN2C(=O)CN2CCCS2(=O)=O)cc1. The van der Waals surface area contributed by atoms with Gasteiger partial charge in [-0.2, -0.15) is 4.31 Å². The fraction of sp³-hybridized carbons (Fsp3) is 0.588. The second kappa shape index (κ2) is 7.11. The maximum absolute atomic E-state index is 12.6. The minimum atomic E-state index is -3.24. The molecule has 0 aromatic heterocycles. The molecule has 7 heteroatoms. The van der Waals surface area contributed by atoms with E-state index in [1.165, 1.54) is 4.31 Å². The summed E-state index contributed by atoms with van der Waals surface area (Å²) in [6, 6.07) is 7.86. The first-order chi connectivity index (χ1) is 11.5. The van der Waals surface area contributed by atoms with Crippen molar-refractivity contribution in [1.82, 2.24) is 9.21 Å². The molecule has 2 aliphatic heterocycles. The van der Waals surface area contributed by atoms with Crippen LogP contribution in [0, 0.1) is 0 Å². The van der Waals surface area contributed by atoms with Gasteiger partial charge in [-0.25, -0.2) is 8.42 Å². The number of rotatable bonds is 5. The highest BCUT2D eigenvalue weighted by atomic mass is 32.2. The zero-order chi connectivity index (χ0) is 17.2. The predicted octanol–water partition coefficient (Wildman–Crippen LogP) is 1.78. The highest BCUT2D eigenvalue weighted by molar-refractivity contribution is 7.89. The number of likely N-dealkylation sites (tertiary alicyclic amines) is 1. The van der Waals surface area contributed by atoms with E-state index in [1.54, 1.807) is 0 Å². The Kier molecular flexibility index (Phi) is 5.10. The van der Waals surface area contributed by atoms with E-state index in [2.05, 4.69) is 0 Å². The van der Waals surface area contributed by atoms with E-state index in [0.29, 0.717) is 26.1 Å². The monoisotopic (exact) mass is 352 g/mol. The average molecular weight is 352 g/mol. The molecule has 2 saturated heterocycles.